The van der Waals surface area contributed by atoms with Crippen molar-refractivity contribution in [2.45, 2.75) is 173 Å². The van der Waals surface area contributed by atoms with Gasteiger partial charge in [0, 0.05) is 55.3 Å². The maximum Gasteiger partial charge on any atom is 0.187 e. The first-order valence-electron chi connectivity index (χ1n) is 25.8. The first-order chi connectivity index (χ1) is 37.4. The summed E-state index contributed by atoms with van der Waals surface area (Å²) in [5.41, 5.74) is 1.68. The van der Waals surface area contributed by atoms with Crippen molar-refractivity contribution in [2.75, 3.05) is 82.8 Å². The molecule has 11 unspecified atom stereocenters. The van der Waals surface area contributed by atoms with Crippen LogP contribution in [-0.4, -0.2) is 267 Å². The lowest BCUT2D eigenvalue weighted by atomic mass is 9.94. The van der Waals surface area contributed by atoms with E-state index in [1.165, 1.54) is 35.5 Å². The molecule has 25 heteroatoms. The minimum absolute atomic E-state index is 0.0359. The lowest BCUT2D eigenvalue weighted by Crippen LogP contribution is -2.68. The van der Waals surface area contributed by atoms with Crippen molar-refractivity contribution in [3.63, 3.8) is 0 Å². The van der Waals surface area contributed by atoms with Gasteiger partial charge in [-0.2, -0.15) is 0 Å². The van der Waals surface area contributed by atoms with Crippen LogP contribution in [0.2, 0.25) is 0 Å². The predicted molar refractivity (Wildman–Crippen MR) is 259 cm³/mol. The van der Waals surface area contributed by atoms with Crippen LogP contribution in [0, 0.1) is 0 Å². The van der Waals surface area contributed by atoms with Crippen LogP contribution in [0.25, 0.3) is 0 Å². The molecular formula is C52H78O25. The van der Waals surface area contributed by atoms with Crippen molar-refractivity contribution in [1.29, 1.82) is 0 Å². The number of hydrogen-bond acceptors (Lipinski definition) is 25. The Hall–Kier alpha value is -2.56. The van der Waals surface area contributed by atoms with Crippen molar-refractivity contribution >= 4 is 0 Å². The number of aliphatic hydroxyl groups is 6. The zero-order chi connectivity index (χ0) is 54.9. The van der Waals surface area contributed by atoms with Gasteiger partial charge in [-0.25, -0.2) is 0 Å². The van der Waals surface area contributed by atoms with Gasteiger partial charge in [0.25, 0.3) is 0 Å². The first kappa shape index (κ1) is 60.5. The Balaban J connectivity index is 0.938. The van der Waals surface area contributed by atoms with E-state index in [9.17, 15) is 30.6 Å². The summed E-state index contributed by atoms with van der Waals surface area (Å²) < 4.78 is 117. The molecule has 6 saturated heterocycles. The van der Waals surface area contributed by atoms with Crippen LogP contribution in [0.5, 0.6) is 0 Å². The summed E-state index contributed by atoms with van der Waals surface area (Å²) >= 11 is 0. The highest BCUT2D eigenvalue weighted by atomic mass is 16.8. The normalized spacial score (nSPS) is 43.7. The second-order valence-electron chi connectivity index (χ2n) is 19.6. The van der Waals surface area contributed by atoms with Crippen LogP contribution in [0.4, 0.5) is 0 Å². The van der Waals surface area contributed by atoms with Crippen LogP contribution in [-0.2, 0) is 96.6 Å². The Morgan fingerprint density at radius 2 is 0.922 bits per heavy atom. The molecule has 6 aliphatic heterocycles. The van der Waals surface area contributed by atoms with Crippen LogP contribution >= 0.6 is 0 Å². The summed E-state index contributed by atoms with van der Waals surface area (Å²) in [5, 5.41) is 66.9. The van der Waals surface area contributed by atoms with Gasteiger partial charge in [-0.3, -0.25) is 0 Å². The number of rotatable bonds is 23. The largest absolute Gasteiger partial charge is 0.394 e. The van der Waals surface area contributed by atoms with Crippen molar-refractivity contribution in [1.82, 2.24) is 0 Å². The molecule has 0 spiro atoms. The Morgan fingerprint density at radius 1 is 0.455 bits per heavy atom. The van der Waals surface area contributed by atoms with Crippen molar-refractivity contribution in [2.24, 2.45) is 0 Å². The molecule has 6 N–H and O–H groups in total. The van der Waals surface area contributed by atoms with Gasteiger partial charge in [-0.15, -0.1) is 0 Å². The minimum atomic E-state index is -1.88. The minimum Gasteiger partial charge on any atom is -0.394 e. The average Bonchev–Trinajstić information content (AvgIpc) is 3.45. The van der Waals surface area contributed by atoms with E-state index in [1.54, 1.807) is 26.4 Å². The number of hydrogen-bond donors (Lipinski definition) is 6. The van der Waals surface area contributed by atoms with E-state index in [1.807, 2.05) is 55.5 Å². The first-order valence-corrected chi connectivity index (χ1v) is 25.8. The van der Waals surface area contributed by atoms with Crippen molar-refractivity contribution < 1.29 is 121 Å². The maximum atomic E-state index is 11.6. The number of fused-ring (bicyclic) bond motifs is 1. The molecular weight excluding hydrogens is 1020 g/mol. The third kappa shape index (κ3) is 13.4. The van der Waals surface area contributed by atoms with E-state index >= 15 is 0 Å². The van der Waals surface area contributed by atoms with E-state index in [0.717, 1.165) is 5.56 Å². The van der Waals surface area contributed by atoms with Gasteiger partial charge in [-0.1, -0.05) is 60.7 Å². The van der Waals surface area contributed by atoms with Gasteiger partial charge in [0.05, 0.1) is 45.7 Å². The molecule has 0 amide bonds. The fourth-order valence-corrected chi connectivity index (χ4v) is 11.1. The number of ether oxygens (including phenoxy) is 19. The van der Waals surface area contributed by atoms with Crippen LogP contribution in [0.15, 0.2) is 60.7 Å². The average molecular weight is 1100 g/mol. The molecule has 26 atom stereocenters. The molecule has 0 radical (unpaired) electrons. The van der Waals surface area contributed by atoms with Gasteiger partial charge in [0.1, 0.15) is 122 Å². The maximum absolute atomic E-state index is 11.6. The van der Waals surface area contributed by atoms with Gasteiger partial charge in [-0.05, 0) is 12.5 Å². The Labute approximate surface area is 447 Å². The van der Waals surface area contributed by atoms with Crippen LogP contribution < -0.4 is 0 Å². The third-order valence-electron chi connectivity index (χ3n) is 15.0. The van der Waals surface area contributed by atoms with E-state index in [0.29, 0.717) is 12.2 Å². The quantitative estimate of drug-likeness (QED) is 0.0755. The van der Waals surface area contributed by atoms with Gasteiger partial charge >= 0.3 is 0 Å². The topological polar surface area (TPSA) is 297 Å². The summed E-state index contributed by atoms with van der Waals surface area (Å²) in [7, 11) is 10.3. The molecule has 25 nitrogen and oxygen atoms in total. The van der Waals surface area contributed by atoms with E-state index in [-0.39, 0.29) is 19.8 Å². The zero-order valence-electron chi connectivity index (χ0n) is 44.5. The molecule has 2 aromatic rings. The number of aliphatic hydroxyl groups excluding tert-OH is 6. The summed E-state index contributed by atoms with van der Waals surface area (Å²) in [6.45, 7) is 0.820. The third-order valence-corrected chi connectivity index (χ3v) is 15.0. The highest BCUT2D eigenvalue weighted by Crippen LogP contribution is 2.40. The van der Waals surface area contributed by atoms with Crippen molar-refractivity contribution in [3.05, 3.63) is 71.8 Å². The molecule has 0 aromatic heterocycles. The SMILES string of the molecule is COC[C@@H]1O[C@@H](O[C@@H]2C(COCc3ccccc3)O[C@@H](C)C(OC)[C@H]2OC)C(OC)C(OC)[C@@H]1O[C@H]1O[C@@H](CO)[C@@H](O[C@@H]2OC(CO)[C@@H](O[C@H]3OC4COC(c5ccccc5)O[C@H]4[C@H](O)C3O)[C@H](O)C2O)C(OC)C1OC. The number of benzene rings is 2. The van der Waals surface area contributed by atoms with E-state index < -0.39 is 173 Å². The standard InChI is InChI=1S/C52H78O25/c1-25-37(60-3)43(61-4)42(31(68-25)23-66-21-26-15-11-9-12-16-26)77-52-47(65-8)45(63-6)41(30(72-52)22-59-2)76-51-46(64-7)44(62-5)40(29(20-54)70-51)75-49-35(57)33(55)38(28(19-53)69-49)74-50-36(58)34(56)39-32(71-50)24-67-48(73-39)27-17-13-10-14-18-27/h9-18,25,28-58H,19-24H2,1-8H3/t25-,28?,29-,30-,31?,32?,33+,34+,35?,36?,37?,38+,39+,40+,41+,42+,43+,44?,45?,46?,47?,48?,49-,50+,51+,52-/m0/s1. The zero-order valence-corrected chi connectivity index (χ0v) is 44.5. The molecule has 0 aliphatic carbocycles. The summed E-state index contributed by atoms with van der Waals surface area (Å²) in [6, 6.07) is 18.8. The van der Waals surface area contributed by atoms with Gasteiger partial charge < -0.3 is 121 Å². The second kappa shape index (κ2) is 28.4. The van der Waals surface area contributed by atoms with Crippen molar-refractivity contribution in [3.8, 4) is 0 Å². The molecule has 8 rings (SSSR count). The molecule has 6 aliphatic rings. The summed E-state index contributed by atoms with van der Waals surface area (Å²) in [6.07, 6.45) is -30.0. The Kier molecular flexibility index (Phi) is 22.3. The summed E-state index contributed by atoms with van der Waals surface area (Å²) in [5.74, 6) is 0. The highest BCUT2D eigenvalue weighted by molar-refractivity contribution is 5.17. The Morgan fingerprint density at radius 3 is 1.49 bits per heavy atom. The molecule has 77 heavy (non-hydrogen) atoms. The van der Waals surface area contributed by atoms with Gasteiger partial charge in [0.2, 0.25) is 0 Å². The lowest BCUT2D eigenvalue weighted by Gasteiger charge is -2.51. The van der Waals surface area contributed by atoms with Gasteiger partial charge in [0.15, 0.2) is 31.5 Å². The van der Waals surface area contributed by atoms with E-state index in [4.69, 9.17) is 90.0 Å². The Bertz CT molecular complexity index is 2010. The fourth-order valence-electron chi connectivity index (χ4n) is 11.1. The summed E-state index contributed by atoms with van der Waals surface area (Å²) in [4.78, 5) is 0. The molecule has 0 saturated carbocycles. The predicted octanol–water partition coefficient (Wildman–Crippen LogP) is -1.29. The van der Waals surface area contributed by atoms with Crippen LogP contribution in [0.3, 0.4) is 0 Å². The molecule has 2 aromatic carbocycles. The van der Waals surface area contributed by atoms with E-state index in [2.05, 4.69) is 0 Å². The molecule has 0 bridgehead atoms. The highest BCUT2D eigenvalue weighted by Gasteiger charge is 2.58. The second-order valence-corrected chi connectivity index (χ2v) is 19.6. The number of methoxy groups -OCH3 is 7. The monoisotopic (exact) mass is 1100 g/mol. The lowest BCUT2D eigenvalue weighted by molar-refractivity contribution is -0.400. The molecule has 6 fully saturated rings. The fraction of sp³-hybridized carbons (Fsp3) is 0.769. The molecule has 6 heterocycles. The molecule has 436 valence electrons. The van der Waals surface area contributed by atoms with Crippen LogP contribution in [0.1, 0.15) is 24.3 Å². The smallest absolute Gasteiger partial charge is 0.187 e.